The maximum atomic E-state index is 4.46. The van der Waals surface area contributed by atoms with Crippen LogP contribution in [0, 0.1) is 6.92 Å². The third-order valence-corrected chi connectivity index (χ3v) is 2.72. The highest BCUT2D eigenvalue weighted by atomic mass is 15.2. The summed E-state index contributed by atoms with van der Waals surface area (Å²) in [6.45, 7) is 1.98. The topological polar surface area (TPSA) is 81.4 Å². The molecule has 0 aliphatic heterocycles. The Morgan fingerprint density at radius 1 is 1.10 bits per heavy atom. The zero-order valence-electron chi connectivity index (χ0n) is 11.1. The van der Waals surface area contributed by atoms with Gasteiger partial charge in [0.05, 0.1) is 0 Å². The minimum absolute atomic E-state index is 0.500. The van der Waals surface area contributed by atoms with Crippen molar-refractivity contribution >= 4 is 5.95 Å². The zero-order chi connectivity index (χ0) is 13.9. The van der Waals surface area contributed by atoms with E-state index < -0.39 is 0 Å². The van der Waals surface area contributed by atoms with Crippen LogP contribution in [0.3, 0.4) is 0 Å². The molecular formula is C13H13N7. The summed E-state index contributed by atoms with van der Waals surface area (Å²) in [5.41, 5.74) is 1.91. The highest BCUT2D eigenvalue weighted by molar-refractivity contribution is 5.56. The number of anilines is 1. The van der Waals surface area contributed by atoms with Crippen molar-refractivity contribution < 1.29 is 0 Å². The van der Waals surface area contributed by atoms with Gasteiger partial charge in [0.15, 0.2) is 5.82 Å². The summed E-state index contributed by atoms with van der Waals surface area (Å²) >= 11 is 0. The van der Waals surface area contributed by atoms with E-state index in [9.17, 15) is 0 Å². The molecule has 3 heterocycles. The van der Waals surface area contributed by atoms with E-state index in [1.807, 2.05) is 13.0 Å². The Bertz CT molecular complexity index is 721. The van der Waals surface area contributed by atoms with E-state index >= 15 is 0 Å². The Balaban J connectivity index is 2.14. The smallest absolute Gasteiger partial charge is 0.240 e. The molecule has 100 valence electrons. The number of imidazole rings is 1. The van der Waals surface area contributed by atoms with Gasteiger partial charge in [-0.25, -0.2) is 4.98 Å². The Kier molecular flexibility index (Phi) is 3.08. The molecule has 0 fully saturated rings. The Morgan fingerprint density at radius 2 is 2.00 bits per heavy atom. The Labute approximate surface area is 115 Å². The molecule has 0 amide bonds. The van der Waals surface area contributed by atoms with E-state index in [1.165, 1.54) is 0 Å². The molecule has 0 spiro atoms. The lowest BCUT2D eigenvalue weighted by Gasteiger charge is -2.07. The molecule has 0 atom stereocenters. The number of hydrogen-bond acceptors (Lipinski definition) is 6. The van der Waals surface area contributed by atoms with Crippen LogP contribution in [-0.4, -0.2) is 36.5 Å². The minimum atomic E-state index is 0.500. The Hall–Kier alpha value is -2.83. The number of rotatable bonds is 3. The van der Waals surface area contributed by atoms with Gasteiger partial charge in [0.2, 0.25) is 11.9 Å². The van der Waals surface area contributed by atoms with Gasteiger partial charge in [0.1, 0.15) is 6.33 Å². The maximum Gasteiger partial charge on any atom is 0.240 e. The fraction of sp³-hybridized carbons (Fsp3) is 0.154. The van der Waals surface area contributed by atoms with Crippen molar-refractivity contribution in [3.8, 4) is 17.3 Å². The molecule has 0 aliphatic carbocycles. The summed E-state index contributed by atoms with van der Waals surface area (Å²) in [5.74, 6) is 1.59. The van der Waals surface area contributed by atoms with Gasteiger partial charge in [-0.15, -0.1) is 0 Å². The molecule has 0 bridgehead atoms. The van der Waals surface area contributed by atoms with Gasteiger partial charge in [-0.3, -0.25) is 9.55 Å². The molecule has 0 radical (unpaired) electrons. The van der Waals surface area contributed by atoms with Crippen molar-refractivity contribution in [2.75, 3.05) is 12.4 Å². The van der Waals surface area contributed by atoms with Gasteiger partial charge in [-0.2, -0.15) is 15.0 Å². The second-order valence-electron chi connectivity index (χ2n) is 4.25. The molecule has 0 saturated carbocycles. The molecular weight excluding hydrogens is 254 g/mol. The summed E-state index contributed by atoms with van der Waals surface area (Å²) < 4.78 is 1.73. The third-order valence-electron chi connectivity index (χ3n) is 2.72. The predicted octanol–water partition coefficient (Wildman–Crippen LogP) is 1.47. The predicted molar refractivity (Wildman–Crippen MR) is 74.5 cm³/mol. The van der Waals surface area contributed by atoms with E-state index in [2.05, 4.69) is 30.2 Å². The summed E-state index contributed by atoms with van der Waals surface area (Å²) in [7, 11) is 1.77. The van der Waals surface area contributed by atoms with Crippen molar-refractivity contribution in [1.29, 1.82) is 0 Å². The first-order valence-corrected chi connectivity index (χ1v) is 6.10. The molecule has 3 rings (SSSR count). The first kappa shape index (κ1) is 12.2. The quantitative estimate of drug-likeness (QED) is 0.774. The summed E-state index contributed by atoms with van der Waals surface area (Å²) in [6, 6.07) is 1.99. The molecule has 7 heteroatoms. The number of aryl methyl sites for hydroxylation is 1. The van der Waals surface area contributed by atoms with Crippen LogP contribution < -0.4 is 5.32 Å². The SMILES string of the molecule is CNc1nc(-c2cncc(C)c2)nc(-n2ccnc2)n1. The van der Waals surface area contributed by atoms with Gasteiger partial charge < -0.3 is 5.32 Å². The molecule has 0 aliphatic rings. The molecule has 7 nitrogen and oxygen atoms in total. The van der Waals surface area contributed by atoms with Crippen LogP contribution in [0.15, 0.2) is 37.2 Å². The third kappa shape index (κ3) is 2.33. The van der Waals surface area contributed by atoms with Crippen LogP contribution in [0.1, 0.15) is 5.56 Å². The van der Waals surface area contributed by atoms with Gasteiger partial charge in [-0.1, -0.05) is 0 Å². The lowest BCUT2D eigenvalue weighted by atomic mass is 10.2. The molecule has 3 aromatic heterocycles. The molecule has 0 saturated heterocycles. The minimum Gasteiger partial charge on any atom is -0.357 e. The average Bonchev–Trinajstić information content (AvgIpc) is 3.01. The Morgan fingerprint density at radius 3 is 2.70 bits per heavy atom. The van der Waals surface area contributed by atoms with Crippen LogP contribution in [0.5, 0.6) is 0 Å². The monoisotopic (exact) mass is 267 g/mol. The number of pyridine rings is 1. The van der Waals surface area contributed by atoms with Gasteiger partial charge in [-0.05, 0) is 18.6 Å². The lowest BCUT2D eigenvalue weighted by molar-refractivity contribution is 0.901. The number of hydrogen-bond donors (Lipinski definition) is 1. The molecule has 0 unspecified atom stereocenters. The van der Waals surface area contributed by atoms with Gasteiger partial charge >= 0.3 is 0 Å². The number of aromatic nitrogens is 6. The normalized spacial score (nSPS) is 10.5. The highest BCUT2D eigenvalue weighted by Gasteiger charge is 2.09. The fourth-order valence-electron chi connectivity index (χ4n) is 1.78. The van der Waals surface area contributed by atoms with Crippen molar-refractivity contribution in [1.82, 2.24) is 29.5 Å². The van der Waals surface area contributed by atoms with Crippen molar-refractivity contribution in [2.24, 2.45) is 0 Å². The second kappa shape index (κ2) is 5.04. The summed E-state index contributed by atoms with van der Waals surface area (Å²) in [5, 5.41) is 2.94. The fourth-order valence-corrected chi connectivity index (χ4v) is 1.78. The highest BCUT2D eigenvalue weighted by Crippen LogP contribution is 2.17. The van der Waals surface area contributed by atoms with E-state index in [0.717, 1.165) is 11.1 Å². The summed E-state index contributed by atoms with van der Waals surface area (Å²) in [6.07, 6.45) is 8.64. The zero-order valence-corrected chi connectivity index (χ0v) is 11.1. The van der Waals surface area contributed by atoms with Crippen LogP contribution in [-0.2, 0) is 0 Å². The summed E-state index contributed by atoms with van der Waals surface area (Å²) in [4.78, 5) is 21.3. The van der Waals surface area contributed by atoms with Crippen LogP contribution in [0.25, 0.3) is 17.3 Å². The van der Waals surface area contributed by atoms with Crippen molar-refractivity contribution in [3.63, 3.8) is 0 Å². The van der Waals surface area contributed by atoms with Gasteiger partial charge in [0, 0.05) is 37.4 Å². The second-order valence-corrected chi connectivity index (χ2v) is 4.25. The molecule has 20 heavy (non-hydrogen) atoms. The van der Waals surface area contributed by atoms with E-state index in [-0.39, 0.29) is 0 Å². The van der Waals surface area contributed by atoms with Crippen LogP contribution >= 0.6 is 0 Å². The van der Waals surface area contributed by atoms with E-state index in [0.29, 0.717) is 17.7 Å². The largest absolute Gasteiger partial charge is 0.357 e. The standard InChI is InChI=1S/C13H13N7/c1-9-5-10(7-16-6-9)11-17-12(14-2)19-13(18-11)20-4-3-15-8-20/h3-8H,1-2H3,(H,14,17,18,19). The molecule has 3 aromatic rings. The van der Waals surface area contributed by atoms with Crippen LogP contribution in [0.2, 0.25) is 0 Å². The lowest BCUT2D eigenvalue weighted by Crippen LogP contribution is -2.07. The number of nitrogens with one attached hydrogen (secondary N) is 1. The van der Waals surface area contributed by atoms with Crippen LogP contribution in [0.4, 0.5) is 5.95 Å². The first-order chi connectivity index (χ1) is 9.76. The van der Waals surface area contributed by atoms with E-state index in [1.54, 1.807) is 42.7 Å². The van der Waals surface area contributed by atoms with Crippen molar-refractivity contribution in [3.05, 3.63) is 42.7 Å². The van der Waals surface area contributed by atoms with Crippen molar-refractivity contribution in [2.45, 2.75) is 6.92 Å². The average molecular weight is 267 g/mol. The molecule has 1 N–H and O–H groups in total. The van der Waals surface area contributed by atoms with E-state index in [4.69, 9.17) is 0 Å². The maximum absolute atomic E-state index is 4.46. The van der Waals surface area contributed by atoms with Gasteiger partial charge in [0.25, 0.3) is 0 Å². The first-order valence-electron chi connectivity index (χ1n) is 6.10. The molecule has 0 aromatic carbocycles. The number of nitrogens with zero attached hydrogens (tertiary/aromatic N) is 6.